The molecular formula is C20H23NO3. The van der Waals surface area contributed by atoms with Crippen LogP contribution < -0.4 is 10.5 Å². The molecule has 0 fully saturated rings. The van der Waals surface area contributed by atoms with Gasteiger partial charge in [-0.15, -0.1) is 0 Å². The first kappa shape index (κ1) is 17.6. The van der Waals surface area contributed by atoms with Crippen molar-refractivity contribution in [3.63, 3.8) is 0 Å². The fourth-order valence-corrected chi connectivity index (χ4v) is 2.42. The van der Waals surface area contributed by atoms with E-state index in [1.54, 1.807) is 36.4 Å². The van der Waals surface area contributed by atoms with Crippen molar-refractivity contribution in [2.45, 2.75) is 26.7 Å². The predicted octanol–water partition coefficient (Wildman–Crippen LogP) is 4.22. The molecule has 4 heteroatoms. The van der Waals surface area contributed by atoms with Crippen LogP contribution in [0.2, 0.25) is 0 Å². The molecule has 3 N–H and O–H groups in total. The number of nitrogen functional groups attached to an aromatic ring is 1. The maximum atomic E-state index is 12.3. The Labute approximate surface area is 142 Å². The van der Waals surface area contributed by atoms with E-state index in [-0.39, 0.29) is 11.5 Å². The van der Waals surface area contributed by atoms with Crippen molar-refractivity contribution in [3.8, 4) is 11.5 Å². The number of aryl methyl sites for hydroxylation is 1. The van der Waals surface area contributed by atoms with Gasteiger partial charge in [-0.05, 0) is 61.4 Å². The minimum Gasteiger partial charge on any atom is -0.508 e. The lowest BCUT2D eigenvalue weighted by atomic mass is 10.0. The zero-order valence-corrected chi connectivity index (χ0v) is 14.1. The van der Waals surface area contributed by atoms with E-state index in [1.165, 1.54) is 6.08 Å². The molecule has 0 atom stereocenters. The van der Waals surface area contributed by atoms with E-state index in [0.717, 1.165) is 24.0 Å². The second-order valence-electron chi connectivity index (χ2n) is 5.52. The van der Waals surface area contributed by atoms with Gasteiger partial charge in [0.1, 0.15) is 11.5 Å². The number of ether oxygens (including phenoxy) is 1. The molecule has 0 saturated heterocycles. The topological polar surface area (TPSA) is 72.6 Å². The van der Waals surface area contributed by atoms with Gasteiger partial charge in [0.25, 0.3) is 0 Å². The van der Waals surface area contributed by atoms with Crippen molar-refractivity contribution >= 4 is 17.5 Å². The Balaban J connectivity index is 2.30. The first-order valence-electron chi connectivity index (χ1n) is 8.11. The van der Waals surface area contributed by atoms with Crippen LogP contribution in [0.5, 0.6) is 11.5 Å². The summed E-state index contributed by atoms with van der Waals surface area (Å²) in [5.74, 6) is 0.682. The summed E-state index contributed by atoms with van der Waals surface area (Å²) in [5.41, 5.74) is 8.46. The van der Waals surface area contributed by atoms with Gasteiger partial charge < -0.3 is 15.6 Å². The van der Waals surface area contributed by atoms with Gasteiger partial charge in [-0.3, -0.25) is 4.79 Å². The standard InChI is InChI=1S/C20H23NO3/c1-3-5-15-12-16(20(24-4-2)13-19(15)23)8-11-18(22)14-6-9-17(21)10-7-14/h6-13,23H,3-5,21H2,1-2H3. The van der Waals surface area contributed by atoms with Crippen LogP contribution in [0.4, 0.5) is 5.69 Å². The average molecular weight is 325 g/mol. The van der Waals surface area contributed by atoms with Crippen molar-refractivity contribution in [1.82, 2.24) is 0 Å². The number of phenolic OH excluding ortho intramolecular Hbond substituents is 1. The largest absolute Gasteiger partial charge is 0.508 e. The number of hydrogen-bond donors (Lipinski definition) is 2. The summed E-state index contributed by atoms with van der Waals surface area (Å²) in [6.07, 6.45) is 4.93. The van der Waals surface area contributed by atoms with E-state index in [2.05, 4.69) is 6.92 Å². The molecule has 0 aliphatic carbocycles. The Morgan fingerprint density at radius 1 is 1.21 bits per heavy atom. The van der Waals surface area contributed by atoms with Gasteiger partial charge in [0, 0.05) is 22.9 Å². The third kappa shape index (κ3) is 4.38. The van der Waals surface area contributed by atoms with Gasteiger partial charge in [0.05, 0.1) is 6.61 Å². The number of anilines is 1. The number of benzene rings is 2. The smallest absolute Gasteiger partial charge is 0.185 e. The highest BCUT2D eigenvalue weighted by Crippen LogP contribution is 2.30. The minimum atomic E-state index is -0.109. The number of aromatic hydroxyl groups is 1. The molecule has 126 valence electrons. The second-order valence-corrected chi connectivity index (χ2v) is 5.52. The Kier molecular flexibility index (Phi) is 6.01. The summed E-state index contributed by atoms with van der Waals surface area (Å²) in [6, 6.07) is 10.3. The van der Waals surface area contributed by atoms with Crippen LogP contribution >= 0.6 is 0 Å². The first-order valence-corrected chi connectivity index (χ1v) is 8.11. The summed E-state index contributed by atoms with van der Waals surface area (Å²) in [7, 11) is 0. The highest BCUT2D eigenvalue weighted by atomic mass is 16.5. The van der Waals surface area contributed by atoms with E-state index >= 15 is 0 Å². The maximum absolute atomic E-state index is 12.3. The van der Waals surface area contributed by atoms with Gasteiger partial charge in [-0.2, -0.15) is 0 Å². The van der Waals surface area contributed by atoms with Gasteiger partial charge in [0.15, 0.2) is 5.78 Å². The summed E-state index contributed by atoms with van der Waals surface area (Å²) in [4.78, 5) is 12.3. The summed E-state index contributed by atoms with van der Waals surface area (Å²) in [6.45, 7) is 4.42. The van der Waals surface area contributed by atoms with Gasteiger partial charge >= 0.3 is 0 Å². The van der Waals surface area contributed by atoms with E-state index in [4.69, 9.17) is 10.5 Å². The van der Waals surface area contributed by atoms with E-state index in [0.29, 0.717) is 23.6 Å². The number of allylic oxidation sites excluding steroid dienone is 1. The third-order valence-corrected chi connectivity index (χ3v) is 3.64. The second kappa shape index (κ2) is 8.20. The average Bonchev–Trinajstić information content (AvgIpc) is 2.57. The molecule has 0 amide bonds. The van der Waals surface area contributed by atoms with Crippen LogP contribution in [0.25, 0.3) is 6.08 Å². The van der Waals surface area contributed by atoms with Crippen molar-refractivity contribution in [2.24, 2.45) is 0 Å². The normalized spacial score (nSPS) is 10.9. The number of ketones is 1. The first-order chi connectivity index (χ1) is 11.5. The molecule has 2 aromatic carbocycles. The molecule has 0 aliphatic rings. The summed E-state index contributed by atoms with van der Waals surface area (Å²) in [5, 5.41) is 10.1. The van der Waals surface area contributed by atoms with Crippen LogP contribution in [0.1, 0.15) is 41.8 Å². The number of carbonyl (C=O) groups is 1. The zero-order valence-electron chi connectivity index (χ0n) is 14.1. The summed E-state index contributed by atoms with van der Waals surface area (Å²) >= 11 is 0. The Morgan fingerprint density at radius 2 is 1.92 bits per heavy atom. The molecule has 2 rings (SSSR count). The van der Waals surface area contributed by atoms with E-state index in [1.807, 2.05) is 13.0 Å². The van der Waals surface area contributed by atoms with Gasteiger partial charge in [-0.1, -0.05) is 13.3 Å². The number of phenols is 1. The van der Waals surface area contributed by atoms with Crippen LogP contribution in [-0.4, -0.2) is 17.5 Å². The quantitative estimate of drug-likeness (QED) is 0.454. The molecule has 0 aliphatic heterocycles. The van der Waals surface area contributed by atoms with Gasteiger partial charge in [-0.25, -0.2) is 0 Å². The lowest BCUT2D eigenvalue weighted by Gasteiger charge is -2.11. The van der Waals surface area contributed by atoms with Crippen LogP contribution in [0, 0.1) is 0 Å². The van der Waals surface area contributed by atoms with Crippen LogP contribution in [-0.2, 0) is 6.42 Å². The predicted molar refractivity (Wildman–Crippen MR) is 97.5 cm³/mol. The van der Waals surface area contributed by atoms with Crippen molar-refractivity contribution in [1.29, 1.82) is 0 Å². The van der Waals surface area contributed by atoms with Gasteiger partial charge in [0.2, 0.25) is 0 Å². The monoisotopic (exact) mass is 325 g/mol. The molecule has 0 heterocycles. The Bertz CT molecular complexity index is 733. The SMILES string of the molecule is CCCc1cc(C=CC(=O)c2ccc(N)cc2)c(OCC)cc1O. The Hall–Kier alpha value is -2.75. The highest BCUT2D eigenvalue weighted by molar-refractivity contribution is 6.07. The lowest BCUT2D eigenvalue weighted by Crippen LogP contribution is -1.98. The zero-order chi connectivity index (χ0) is 17.5. The molecule has 2 aromatic rings. The number of rotatable bonds is 7. The summed E-state index contributed by atoms with van der Waals surface area (Å²) < 4.78 is 5.57. The third-order valence-electron chi connectivity index (χ3n) is 3.64. The number of carbonyl (C=O) groups excluding carboxylic acids is 1. The van der Waals surface area contributed by atoms with Crippen molar-refractivity contribution in [2.75, 3.05) is 12.3 Å². The van der Waals surface area contributed by atoms with Crippen molar-refractivity contribution in [3.05, 3.63) is 59.2 Å². The maximum Gasteiger partial charge on any atom is 0.185 e. The minimum absolute atomic E-state index is 0.109. The molecule has 0 saturated carbocycles. The van der Waals surface area contributed by atoms with Crippen molar-refractivity contribution < 1.29 is 14.6 Å². The fraction of sp³-hybridized carbons (Fsp3) is 0.250. The molecule has 24 heavy (non-hydrogen) atoms. The molecule has 4 nitrogen and oxygen atoms in total. The van der Waals surface area contributed by atoms with E-state index < -0.39 is 0 Å². The number of nitrogens with two attached hydrogens (primary N) is 1. The highest BCUT2D eigenvalue weighted by Gasteiger charge is 2.09. The van der Waals surface area contributed by atoms with E-state index in [9.17, 15) is 9.90 Å². The molecule has 0 radical (unpaired) electrons. The lowest BCUT2D eigenvalue weighted by molar-refractivity contribution is 0.104. The molecular weight excluding hydrogens is 302 g/mol. The molecule has 0 aromatic heterocycles. The van der Waals surface area contributed by atoms with Crippen LogP contribution in [0.15, 0.2) is 42.5 Å². The van der Waals surface area contributed by atoms with Crippen LogP contribution in [0.3, 0.4) is 0 Å². The number of hydrogen-bond acceptors (Lipinski definition) is 4. The molecule has 0 spiro atoms. The molecule has 0 unspecified atom stereocenters. The molecule has 0 bridgehead atoms. The Morgan fingerprint density at radius 3 is 2.54 bits per heavy atom. The fourth-order valence-electron chi connectivity index (χ4n) is 2.42.